The van der Waals surface area contributed by atoms with Crippen LogP contribution in [0, 0.1) is 6.92 Å². The zero-order chi connectivity index (χ0) is 18.8. The van der Waals surface area contributed by atoms with Gasteiger partial charge >= 0.3 is 0 Å². The van der Waals surface area contributed by atoms with E-state index in [-0.39, 0.29) is 11.9 Å². The van der Waals surface area contributed by atoms with E-state index in [9.17, 15) is 5.11 Å². The smallest absolute Gasteiger partial charge is 0.213 e. The summed E-state index contributed by atoms with van der Waals surface area (Å²) in [5, 5.41) is 11.2. The van der Waals surface area contributed by atoms with Crippen molar-refractivity contribution in [1.29, 1.82) is 0 Å². The lowest BCUT2D eigenvalue weighted by Gasteiger charge is -2.20. The maximum atomic E-state index is 10.6. The van der Waals surface area contributed by atoms with Crippen LogP contribution in [-0.4, -0.2) is 29.3 Å². The van der Waals surface area contributed by atoms with Crippen LogP contribution in [0.15, 0.2) is 60.8 Å². The van der Waals surface area contributed by atoms with E-state index in [0.717, 1.165) is 35.3 Å². The number of phenols is 1. The Morgan fingerprint density at radius 1 is 1.15 bits per heavy atom. The van der Waals surface area contributed by atoms with Gasteiger partial charge in [0.2, 0.25) is 5.88 Å². The fourth-order valence-corrected chi connectivity index (χ4v) is 3.64. The van der Waals surface area contributed by atoms with Crippen LogP contribution in [-0.2, 0) is 0 Å². The standard InChI is InChI=1S/C22H21ClN2O2/c1-15-6-9-22(24-13-15)27-17-10-11-25(14-17)20-8-7-16(12-21(20)26)18-4-2-3-5-19(18)23/h2-9,12-13,17,26H,10-11,14H2,1H3/t17-/m0/s1. The maximum absolute atomic E-state index is 10.6. The molecule has 0 spiro atoms. The van der Waals surface area contributed by atoms with Crippen molar-refractivity contribution in [2.45, 2.75) is 19.4 Å². The lowest BCUT2D eigenvalue weighted by Crippen LogP contribution is -2.24. The number of halogens is 1. The van der Waals surface area contributed by atoms with E-state index in [1.165, 1.54) is 0 Å². The molecule has 0 amide bonds. The number of aryl methyl sites for hydroxylation is 1. The van der Waals surface area contributed by atoms with Crippen molar-refractivity contribution >= 4 is 17.3 Å². The third kappa shape index (κ3) is 3.86. The van der Waals surface area contributed by atoms with Crippen LogP contribution in [0.1, 0.15) is 12.0 Å². The number of benzene rings is 2. The Kier molecular flexibility index (Phi) is 4.90. The van der Waals surface area contributed by atoms with Crippen molar-refractivity contribution in [2.75, 3.05) is 18.0 Å². The fourth-order valence-electron chi connectivity index (χ4n) is 3.39. The molecule has 1 fully saturated rings. The van der Waals surface area contributed by atoms with Crippen LogP contribution in [0.4, 0.5) is 5.69 Å². The number of rotatable bonds is 4. The third-order valence-electron chi connectivity index (χ3n) is 4.82. The summed E-state index contributed by atoms with van der Waals surface area (Å²) in [5.41, 5.74) is 3.74. The second kappa shape index (κ2) is 7.49. The number of hydrogen-bond acceptors (Lipinski definition) is 4. The molecule has 27 heavy (non-hydrogen) atoms. The molecule has 0 saturated carbocycles. The Bertz CT molecular complexity index is 943. The van der Waals surface area contributed by atoms with Crippen molar-refractivity contribution in [1.82, 2.24) is 4.98 Å². The molecule has 1 N–H and O–H groups in total. The molecule has 0 radical (unpaired) electrons. The lowest BCUT2D eigenvalue weighted by atomic mass is 10.0. The summed E-state index contributed by atoms with van der Waals surface area (Å²) in [7, 11) is 0. The summed E-state index contributed by atoms with van der Waals surface area (Å²) in [6, 6.07) is 17.2. The second-order valence-electron chi connectivity index (χ2n) is 6.83. The molecule has 4 rings (SSSR count). The summed E-state index contributed by atoms with van der Waals surface area (Å²) in [5.74, 6) is 0.896. The average Bonchev–Trinajstić information content (AvgIpc) is 3.12. The van der Waals surface area contributed by atoms with Crippen LogP contribution in [0.3, 0.4) is 0 Å². The highest BCUT2D eigenvalue weighted by molar-refractivity contribution is 6.33. The van der Waals surface area contributed by atoms with E-state index in [0.29, 0.717) is 17.4 Å². The Labute approximate surface area is 164 Å². The molecule has 0 bridgehead atoms. The van der Waals surface area contributed by atoms with Crippen LogP contribution in [0.2, 0.25) is 5.02 Å². The van der Waals surface area contributed by atoms with Gasteiger partial charge in [0.25, 0.3) is 0 Å². The van der Waals surface area contributed by atoms with Gasteiger partial charge in [-0.05, 0) is 36.2 Å². The number of pyridine rings is 1. The van der Waals surface area contributed by atoms with Crippen LogP contribution in [0.25, 0.3) is 11.1 Å². The number of hydrogen-bond donors (Lipinski definition) is 1. The van der Waals surface area contributed by atoms with E-state index in [1.54, 1.807) is 12.3 Å². The zero-order valence-electron chi connectivity index (χ0n) is 15.1. The minimum atomic E-state index is 0.0582. The second-order valence-corrected chi connectivity index (χ2v) is 7.24. The van der Waals surface area contributed by atoms with Gasteiger partial charge in [-0.1, -0.05) is 41.9 Å². The minimum Gasteiger partial charge on any atom is -0.506 e. The normalized spacial score (nSPS) is 16.5. The average molecular weight is 381 g/mol. The zero-order valence-corrected chi connectivity index (χ0v) is 15.9. The van der Waals surface area contributed by atoms with Crippen molar-refractivity contribution in [3.63, 3.8) is 0 Å². The molecule has 0 aliphatic carbocycles. The van der Waals surface area contributed by atoms with Crippen molar-refractivity contribution in [3.8, 4) is 22.8 Å². The van der Waals surface area contributed by atoms with Crippen molar-refractivity contribution in [3.05, 3.63) is 71.4 Å². The van der Waals surface area contributed by atoms with Gasteiger partial charge in [0.15, 0.2) is 0 Å². The summed E-state index contributed by atoms with van der Waals surface area (Å²) in [4.78, 5) is 6.45. The van der Waals surface area contributed by atoms with Crippen molar-refractivity contribution in [2.24, 2.45) is 0 Å². The predicted octanol–water partition coefficient (Wildman–Crippen LogP) is 5.07. The molecule has 1 aliphatic rings. The van der Waals surface area contributed by atoms with Gasteiger partial charge < -0.3 is 14.7 Å². The predicted molar refractivity (Wildman–Crippen MR) is 109 cm³/mol. The maximum Gasteiger partial charge on any atom is 0.213 e. The van der Waals surface area contributed by atoms with E-state index < -0.39 is 0 Å². The quantitative estimate of drug-likeness (QED) is 0.686. The lowest BCUT2D eigenvalue weighted by molar-refractivity contribution is 0.216. The first-order chi connectivity index (χ1) is 13.1. The largest absolute Gasteiger partial charge is 0.506 e. The van der Waals surface area contributed by atoms with E-state index in [2.05, 4.69) is 9.88 Å². The molecule has 5 heteroatoms. The Morgan fingerprint density at radius 3 is 2.74 bits per heavy atom. The molecule has 0 unspecified atom stereocenters. The highest BCUT2D eigenvalue weighted by atomic mass is 35.5. The molecular formula is C22H21ClN2O2. The molecule has 1 atom stereocenters. The molecule has 1 aliphatic heterocycles. The monoisotopic (exact) mass is 380 g/mol. The Hall–Kier alpha value is -2.72. The summed E-state index contributed by atoms with van der Waals surface area (Å²) in [6.45, 7) is 3.55. The number of ether oxygens (including phenoxy) is 1. The first-order valence-corrected chi connectivity index (χ1v) is 9.40. The van der Waals surface area contributed by atoms with Crippen molar-refractivity contribution < 1.29 is 9.84 Å². The SMILES string of the molecule is Cc1ccc(O[C@H]2CCN(c3ccc(-c4ccccc4Cl)cc3O)C2)nc1. The minimum absolute atomic E-state index is 0.0582. The van der Waals surface area contributed by atoms with Gasteiger partial charge in [0.05, 0.1) is 12.2 Å². The van der Waals surface area contributed by atoms with Crippen LogP contribution >= 0.6 is 11.6 Å². The van der Waals surface area contributed by atoms with Gasteiger partial charge in [-0.3, -0.25) is 0 Å². The van der Waals surface area contributed by atoms with Gasteiger partial charge in [0.1, 0.15) is 11.9 Å². The highest BCUT2D eigenvalue weighted by Crippen LogP contribution is 2.36. The first kappa shape index (κ1) is 17.7. The molecule has 1 aromatic heterocycles. The third-order valence-corrected chi connectivity index (χ3v) is 5.15. The molecule has 138 valence electrons. The highest BCUT2D eigenvalue weighted by Gasteiger charge is 2.26. The Morgan fingerprint density at radius 2 is 2.00 bits per heavy atom. The fraction of sp³-hybridized carbons (Fsp3) is 0.227. The van der Waals surface area contributed by atoms with Gasteiger partial charge in [-0.2, -0.15) is 0 Å². The number of phenolic OH excluding ortho intramolecular Hbond substituents is 1. The number of nitrogens with zero attached hydrogens (tertiary/aromatic N) is 2. The molecule has 1 saturated heterocycles. The molecular weight excluding hydrogens is 360 g/mol. The van der Waals surface area contributed by atoms with Gasteiger partial charge in [-0.25, -0.2) is 4.98 Å². The topological polar surface area (TPSA) is 45.6 Å². The molecule has 3 aromatic rings. The van der Waals surface area contributed by atoms with E-state index in [4.69, 9.17) is 16.3 Å². The molecule has 4 nitrogen and oxygen atoms in total. The van der Waals surface area contributed by atoms with Gasteiger partial charge in [-0.15, -0.1) is 0 Å². The van der Waals surface area contributed by atoms with Gasteiger partial charge in [0, 0.05) is 35.8 Å². The van der Waals surface area contributed by atoms with E-state index in [1.807, 2.05) is 55.5 Å². The van der Waals surface area contributed by atoms with Crippen LogP contribution < -0.4 is 9.64 Å². The first-order valence-electron chi connectivity index (χ1n) is 9.02. The number of anilines is 1. The molecule has 2 aromatic carbocycles. The van der Waals surface area contributed by atoms with Crippen LogP contribution in [0.5, 0.6) is 11.6 Å². The van der Waals surface area contributed by atoms with E-state index >= 15 is 0 Å². The number of aromatic nitrogens is 1. The summed E-state index contributed by atoms with van der Waals surface area (Å²) in [6.07, 6.45) is 2.76. The summed E-state index contributed by atoms with van der Waals surface area (Å²) >= 11 is 6.27. The molecule has 2 heterocycles. The Balaban J connectivity index is 1.48. The summed E-state index contributed by atoms with van der Waals surface area (Å²) < 4.78 is 5.98. The number of aromatic hydroxyl groups is 1.